The normalized spacial score (nSPS) is 11.5. The summed E-state index contributed by atoms with van der Waals surface area (Å²) in [5, 5.41) is 16.7. The van der Waals surface area contributed by atoms with E-state index in [1.807, 2.05) is 36.5 Å². The highest BCUT2D eigenvalue weighted by molar-refractivity contribution is 5.66. The molecule has 0 radical (unpaired) electrons. The molecule has 196 valence electrons. The van der Waals surface area contributed by atoms with Crippen LogP contribution < -0.4 is 9.47 Å². The minimum Gasteiger partial charge on any atom is -0.487 e. The van der Waals surface area contributed by atoms with E-state index in [9.17, 15) is 13.2 Å². The lowest BCUT2D eigenvalue weighted by Crippen LogP contribution is -2.16. The van der Waals surface area contributed by atoms with Gasteiger partial charge in [0.2, 0.25) is 5.89 Å². The molecule has 4 aromatic rings. The van der Waals surface area contributed by atoms with Crippen molar-refractivity contribution in [1.82, 2.24) is 20.0 Å². The van der Waals surface area contributed by atoms with Crippen molar-refractivity contribution in [3.05, 3.63) is 89.4 Å². The molecule has 38 heavy (non-hydrogen) atoms. The Bertz CT molecular complexity index is 1370. The maximum Gasteiger partial charge on any atom is 0.573 e. The number of nitrogens with zero attached hydrogens (tertiary/aromatic N) is 5. The van der Waals surface area contributed by atoms with Gasteiger partial charge in [0.15, 0.2) is 0 Å². The van der Waals surface area contributed by atoms with E-state index in [2.05, 4.69) is 20.0 Å². The molecule has 0 aliphatic rings. The number of aromatic nitrogens is 4. The van der Waals surface area contributed by atoms with E-state index >= 15 is 0 Å². The number of rotatable bonds is 12. The number of aryl methyl sites for hydroxylation is 2. The van der Waals surface area contributed by atoms with E-state index in [4.69, 9.17) is 14.4 Å². The number of nitriles is 1. The van der Waals surface area contributed by atoms with Gasteiger partial charge in [-0.3, -0.25) is 0 Å². The Morgan fingerprint density at radius 1 is 0.947 bits per heavy atom. The van der Waals surface area contributed by atoms with Gasteiger partial charge >= 0.3 is 6.36 Å². The van der Waals surface area contributed by atoms with E-state index in [-0.39, 0.29) is 18.9 Å². The molecule has 11 heteroatoms. The third kappa shape index (κ3) is 8.51. The number of alkyl halides is 3. The standard InChI is InChI=1S/C27H24F3N5O3/c28-27(29,30)38-25-12-7-21(8-13-25)9-14-26-32-23(19-37-26)18-36-24-10-5-20(6-11-24)3-1-2-4-22-17-35(16-15-31)34-33-22/h5-14,17,19H,1-4,16,18H2/b14-9+. The Morgan fingerprint density at radius 2 is 1.68 bits per heavy atom. The molecule has 8 nitrogen and oxygen atoms in total. The zero-order chi connectivity index (χ0) is 26.8. The topological polar surface area (TPSA) is 99.0 Å². The Hall–Kier alpha value is -4.59. The number of unbranched alkanes of at least 4 members (excludes halogenated alkanes) is 1. The lowest BCUT2D eigenvalue weighted by atomic mass is 10.1. The number of hydrogen-bond donors (Lipinski definition) is 0. The van der Waals surface area contributed by atoms with Gasteiger partial charge < -0.3 is 13.9 Å². The molecule has 2 aromatic heterocycles. The largest absolute Gasteiger partial charge is 0.573 e. The molecule has 2 aromatic carbocycles. The van der Waals surface area contributed by atoms with Crippen LogP contribution in [0.15, 0.2) is 65.4 Å². The van der Waals surface area contributed by atoms with E-state index in [1.165, 1.54) is 40.8 Å². The molecular weight excluding hydrogens is 499 g/mol. The Kier molecular flexibility index (Phi) is 8.77. The molecule has 0 unspecified atom stereocenters. The monoisotopic (exact) mass is 523 g/mol. The summed E-state index contributed by atoms with van der Waals surface area (Å²) in [6.07, 6.45) is 5.61. The Morgan fingerprint density at radius 3 is 2.42 bits per heavy atom. The minimum absolute atomic E-state index is 0.209. The molecule has 0 aliphatic carbocycles. The molecule has 0 fully saturated rings. The van der Waals surface area contributed by atoms with Crippen LogP contribution in [0.4, 0.5) is 13.2 Å². The van der Waals surface area contributed by atoms with Crippen molar-refractivity contribution in [2.45, 2.75) is 45.2 Å². The molecule has 0 spiro atoms. The van der Waals surface area contributed by atoms with Crippen molar-refractivity contribution in [3.63, 3.8) is 0 Å². The highest BCUT2D eigenvalue weighted by Gasteiger charge is 2.30. The van der Waals surface area contributed by atoms with E-state index in [0.717, 1.165) is 31.4 Å². The molecule has 4 rings (SSSR count). The fraction of sp³-hybridized carbons (Fsp3) is 0.259. The second-order valence-electron chi connectivity index (χ2n) is 8.33. The molecule has 2 heterocycles. The summed E-state index contributed by atoms with van der Waals surface area (Å²) in [6.45, 7) is 0.438. The van der Waals surface area contributed by atoms with E-state index < -0.39 is 6.36 Å². The van der Waals surface area contributed by atoms with Crippen molar-refractivity contribution in [2.24, 2.45) is 0 Å². The van der Waals surface area contributed by atoms with Gasteiger partial charge in [0.25, 0.3) is 0 Å². The first-order valence-corrected chi connectivity index (χ1v) is 11.8. The van der Waals surface area contributed by atoms with Crippen LogP contribution in [0, 0.1) is 11.3 Å². The Balaban J connectivity index is 1.18. The quantitative estimate of drug-likeness (QED) is 0.210. The zero-order valence-electron chi connectivity index (χ0n) is 20.3. The SMILES string of the molecule is N#CCn1cc(CCCCc2ccc(OCc3coc(/C=C/c4ccc(OC(F)(F)F)cc4)n3)cc2)nn1. The summed E-state index contributed by atoms with van der Waals surface area (Å²) < 4.78 is 53.3. The van der Waals surface area contributed by atoms with Gasteiger partial charge in [-0.2, -0.15) is 5.26 Å². The molecule has 0 saturated carbocycles. The fourth-order valence-electron chi connectivity index (χ4n) is 3.56. The summed E-state index contributed by atoms with van der Waals surface area (Å²) in [7, 11) is 0. The molecular formula is C27H24F3N5O3. The van der Waals surface area contributed by atoms with Crippen LogP contribution in [0.5, 0.6) is 11.5 Å². The first-order chi connectivity index (χ1) is 18.4. The number of oxazole rings is 1. The van der Waals surface area contributed by atoms with Gasteiger partial charge in [-0.05, 0) is 67.2 Å². The minimum atomic E-state index is -4.72. The van der Waals surface area contributed by atoms with Gasteiger partial charge in [-0.15, -0.1) is 18.3 Å². The molecule has 0 aliphatic heterocycles. The number of ether oxygens (including phenoxy) is 2. The van der Waals surface area contributed by atoms with Crippen LogP contribution in [0.1, 0.15) is 41.2 Å². The van der Waals surface area contributed by atoms with Gasteiger partial charge in [0.05, 0.1) is 11.8 Å². The highest BCUT2D eigenvalue weighted by atomic mass is 19.4. The van der Waals surface area contributed by atoms with Crippen LogP contribution in [-0.4, -0.2) is 26.3 Å². The fourth-order valence-corrected chi connectivity index (χ4v) is 3.56. The van der Waals surface area contributed by atoms with Crippen LogP contribution in [0.2, 0.25) is 0 Å². The molecule has 0 N–H and O–H groups in total. The van der Waals surface area contributed by atoms with Crippen molar-refractivity contribution in [3.8, 4) is 17.6 Å². The van der Waals surface area contributed by atoms with Gasteiger partial charge in [0.1, 0.15) is 36.6 Å². The molecule has 0 amide bonds. The summed E-state index contributed by atoms with van der Waals surface area (Å²) in [5.41, 5.74) is 3.37. The average Bonchev–Trinajstić information content (AvgIpc) is 3.54. The second kappa shape index (κ2) is 12.6. The lowest BCUT2D eigenvalue weighted by molar-refractivity contribution is -0.274. The molecule has 0 saturated heterocycles. The van der Waals surface area contributed by atoms with E-state index in [0.29, 0.717) is 22.9 Å². The average molecular weight is 524 g/mol. The summed E-state index contributed by atoms with van der Waals surface area (Å²) in [5.74, 6) is 0.778. The predicted molar refractivity (Wildman–Crippen MR) is 132 cm³/mol. The van der Waals surface area contributed by atoms with Gasteiger partial charge in [0, 0.05) is 12.3 Å². The zero-order valence-corrected chi connectivity index (χ0v) is 20.3. The van der Waals surface area contributed by atoms with Crippen LogP contribution in [-0.2, 0) is 26.0 Å². The Labute approximate surface area is 216 Å². The number of halogens is 3. The van der Waals surface area contributed by atoms with Crippen molar-refractivity contribution in [2.75, 3.05) is 0 Å². The van der Waals surface area contributed by atoms with Crippen molar-refractivity contribution in [1.29, 1.82) is 5.26 Å². The van der Waals surface area contributed by atoms with Crippen LogP contribution in [0.25, 0.3) is 12.2 Å². The van der Waals surface area contributed by atoms with E-state index in [1.54, 1.807) is 12.2 Å². The summed E-state index contributed by atoms with van der Waals surface area (Å²) >= 11 is 0. The highest BCUT2D eigenvalue weighted by Crippen LogP contribution is 2.23. The lowest BCUT2D eigenvalue weighted by Gasteiger charge is -2.08. The number of hydrogen-bond acceptors (Lipinski definition) is 7. The van der Waals surface area contributed by atoms with Crippen molar-refractivity contribution < 1.29 is 27.1 Å². The predicted octanol–water partition coefficient (Wildman–Crippen LogP) is 6.00. The van der Waals surface area contributed by atoms with Crippen LogP contribution in [0.3, 0.4) is 0 Å². The maximum atomic E-state index is 12.2. The maximum absolute atomic E-state index is 12.2. The first kappa shape index (κ1) is 26.5. The smallest absolute Gasteiger partial charge is 0.487 e. The third-order valence-electron chi connectivity index (χ3n) is 5.38. The summed E-state index contributed by atoms with van der Waals surface area (Å²) in [4.78, 5) is 4.33. The van der Waals surface area contributed by atoms with Crippen molar-refractivity contribution >= 4 is 12.2 Å². The van der Waals surface area contributed by atoms with Crippen LogP contribution >= 0.6 is 0 Å². The first-order valence-electron chi connectivity index (χ1n) is 11.8. The molecule has 0 bridgehead atoms. The van der Waals surface area contributed by atoms with Gasteiger partial charge in [-0.25, -0.2) is 9.67 Å². The molecule has 0 atom stereocenters. The van der Waals surface area contributed by atoms with Gasteiger partial charge in [-0.1, -0.05) is 29.5 Å². The summed E-state index contributed by atoms with van der Waals surface area (Å²) in [6, 6.07) is 15.4. The third-order valence-corrected chi connectivity index (χ3v) is 5.38. The second-order valence-corrected chi connectivity index (χ2v) is 8.33. The number of benzene rings is 2.